The van der Waals surface area contributed by atoms with Gasteiger partial charge in [-0.1, -0.05) is 40.7 Å². The lowest BCUT2D eigenvalue weighted by molar-refractivity contribution is 0.565. The molecule has 0 saturated carbocycles. The first kappa shape index (κ1) is 15.5. The molecule has 0 aliphatic carbocycles. The lowest BCUT2D eigenvalue weighted by atomic mass is 10.2. The van der Waals surface area contributed by atoms with E-state index in [0.29, 0.717) is 4.90 Å². The van der Waals surface area contributed by atoms with Crippen molar-refractivity contribution in [3.05, 3.63) is 58.1 Å². The van der Waals surface area contributed by atoms with Crippen molar-refractivity contribution >= 4 is 27.7 Å². The molecule has 0 radical (unpaired) electrons. The van der Waals surface area contributed by atoms with Crippen LogP contribution in [0.3, 0.4) is 0 Å². The Morgan fingerprint density at radius 2 is 1.95 bits per heavy atom. The SMILES string of the molecule is CCNCc1ccc(Sc2ccc(F)cc2F)cc1Br. The molecule has 0 spiro atoms. The summed E-state index contributed by atoms with van der Waals surface area (Å²) in [6.07, 6.45) is 0. The van der Waals surface area contributed by atoms with E-state index in [1.54, 1.807) is 0 Å². The summed E-state index contributed by atoms with van der Waals surface area (Å²) in [6, 6.07) is 9.49. The standard InChI is InChI=1S/C15H14BrF2NS/c1-2-19-9-10-3-5-12(8-13(10)16)20-15-6-4-11(17)7-14(15)18/h3-8,19H,2,9H2,1H3. The second-order valence-electron chi connectivity index (χ2n) is 4.21. The third-order valence-electron chi connectivity index (χ3n) is 2.71. The van der Waals surface area contributed by atoms with Crippen LogP contribution >= 0.6 is 27.7 Å². The quantitative estimate of drug-likeness (QED) is 0.808. The van der Waals surface area contributed by atoms with E-state index >= 15 is 0 Å². The number of nitrogens with one attached hydrogen (secondary N) is 1. The molecular formula is C15H14BrF2NS. The molecule has 2 rings (SSSR count). The van der Waals surface area contributed by atoms with Gasteiger partial charge in [-0.2, -0.15) is 0 Å². The van der Waals surface area contributed by atoms with Gasteiger partial charge in [0.15, 0.2) is 0 Å². The monoisotopic (exact) mass is 357 g/mol. The Balaban J connectivity index is 2.15. The normalized spacial score (nSPS) is 10.8. The summed E-state index contributed by atoms with van der Waals surface area (Å²) in [7, 11) is 0. The zero-order valence-electron chi connectivity index (χ0n) is 10.9. The first-order valence-corrected chi connectivity index (χ1v) is 7.83. The second-order valence-corrected chi connectivity index (χ2v) is 6.18. The van der Waals surface area contributed by atoms with Gasteiger partial charge in [0.1, 0.15) is 11.6 Å². The molecule has 0 saturated heterocycles. The summed E-state index contributed by atoms with van der Waals surface area (Å²) in [6.45, 7) is 3.74. The summed E-state index contributed by atoms with van der Waals surface area (Å²) in [5, 5.41) is 3.25. The number of benzene rings is 2. The average Bonchev–Trinajstić information content (AvgIpc) is 2.41. The predicted molar refractivity (Wildman–Crippen MR) is 82.0 cm³/mol. The van der Waals surface area contributed by atoms with E-state index in [9.17, 15) is 8.78 Å². The van der Waals surface area contributed by atoms with Crippen LogP contribution in [0.2, 0.25) is 0 Å². The van der Waals surface area contributed by atoms with E-state index in [1.807, 2.05) is 18.2 Å². The van der Waals surface area contributed by atoms with Gasteiger partial charge in [0.05, 0.1) is 0 Å². The van der Waals surface area contributed by atoms with Gasteiger partial charge < -0.3 is 5.32 Å². The molecule has 5 heteroatoms. The number of hydrogen-bond acceptors (Lipinski definition) is 2. The van der Waals surface area contributed by atoms with Crippen LogP contribution in [0, 0.1) is 11.6 Å². The van der Waals surface area contributed by atoms with Crippen LogP contribution in [0.5, 0.6) is 0 Å². The van der Waals surface area contributed by atoms with Gasteiger partial charge in [0, 0.05) is 26.9 Å². The molecule has 0 fully saturated rings. The molecule has 2 aromatic carbocycles. The van der Waals surface area contributed by atoms with Crippen molar-refractivity contribution in [2.45, 2.75) is 23.3 Å². The summed E-state index contributed by atoms with van der Waals surface area (Å²) < 4.78 is 27.4. The van der Waals surface area contributed by atoms with Crippen molar-refractivity contribution in [3.8, 4) is 0 Å². The van der Waals surface area contributed by atoms with Crippen LogP contribution in [0.15, 0.2) is 50.7 Å². The van der Waals surface area contributed by atoms with E-state index in [4.69, 9.17) is 0 Å². The van der Waals surface area contributed by atoms with Crippen molar-refractivity contribution in [1.82, 2.24) is 5.32 Å². The molecule has 1 nitrogen and oxygen atoms in total. The lowest BCUT2D eigenvalue weighted by Gasteiger charge is -2.08. The largest absolute Gasteiger partial charge is 0.313 e. The number of halogens is 3. The minimum Gasteiger partial charge on any atom is -0.313 e. The Kier molecular flexibility index (Phi) is 5.57. The van der Waals surface area contributed by atoms with Crippen LogP contribution in [0.4, 0.5) is 8.78 Å². The maximum absolute atomic E-state index is 13.6. The second kappa shape index (κ2) is 7.20. The Morgan fingerprint density at radius 1 is 1.15 bits per heavy atom. The predicted octanol–water partition coefficient (Wildman–Crippen LogP) is 4.99. The average molecular weight is 358 g/mol. The van der Waals surface area contributed by atoms with Crippen molar-refractivity contribution in [1.29, 1.82) is 0 Å². The highest BCUT2D eigenvalue weighted by Crippen LogP contribution is 2.32. The summed E-state index contributed by atoms with van der Waals surface area (Å²) >= 11 is 4.79. The smallest absolute Gasteiger partial charge is 0.140 e. The molecule has 2 aromatic rings. The van der Waals surface area contributed by atoms with Crippen LogP contribution in [-0.4, -0.2) is 6.54 Å². The Bertz CT molecular complexity index is 604. The van der Waals surface area contributed by atoms with Gasteiger partial charge in [-0.05, 0) is 36.4 Å². The zero-order valence-corrected chi connectivity index (χ0v) is 13.3. The molecule has 1 N–H and O–H groups in total. The van der Waals surface area contributed by atoms with E-state index in [2.05, 4.69) is 28.2 Å². The van der Waals surface area contributed by atoms with Crippen molar-refractivity contribution in [3.63, 3.8) is 0 Å². The molecule has 106 valence electrons. The molecule has 0 unspecified atom stereocenters. The fourth-order valence-electron chi connectivity index (χ4n) is 1.68. The zero-order chi connectivity index (χ0) is 14.5. The summed E-state index contributed by atoms with van der Waals surface area (Å²) in [5.41, 5.74) is 1.15. The van der Waals surface area contributed by atoms with Gasteiger partial charge >= 0.3 is 0 Å². The van der Waals surface area contributed by atoms with Crippen molar-refractivity contribution < 1.29 is 8.78 Å². The summed E-state index contributed by atoms with van der Waals surface area (Å²) in [4.78, 5) is 1.32. The fraction of sp³-hybridized carbons (Fsp3) is 0.200. The molecule has 20 heavy (non-hydrogen) atoms. The third-order valence-corrected chi connectivity index (χ3v) is 4.49. The molecule has 0 aromatic heterocycles. The highest BCUT2D eigenvalue weighted by atomic mass is 79.9. The number of hydrogen-bond donors (Lipinski definition) is 1. The molecule has 0 aliphatic rings. The Labute approximate surface area is 129 Å². The van der Waals surface area contributed by atoms with Gasteiger partial charge in [-0.25, -0.2) is 8.78 Å². The third kappa shape index (κ3) is 4.04. The van der Waals surface area contributed by atoms with E-state index in [1.165, 1.54) is 23.9 Å². The molecule has 0 aliphatic heterocycles. The Morgan fingerprint density at radius 3 is 2.60 bits per heavy atom. The Hall–Kier alpha value is -0.910. The van der Waals surface area contributed by atoms with E-state index in [0.717, 1.165) is 34.1 Å². The molecule has 0 amide bonds. The van der Waals surface area contributed by atoms with Crippen molar-refractivity contribution in [2.24, 2.45) is 0 Å². The van der Waals surface area contributed by atoms with E-state index in [-0.39, 0.29) is 0 Å². The number of rotatable bonds is 5. The van der Waals surface area contributed by atoms with Gasteiger partial charge in [0.2, 0.25) is 0 Å². The van der Waals surface area contributed by atoms with Crippen LogP contribution in [0.1, 0.15) is 12.5 Å². The van der Waals surface area contributed by atoms with Crippen LogP contribution in [0.25, 0.3) is 0 Å². The minimum atomic E-state index is -0.561. The van der Waals surface area contributed by atoms with Crippen LogP contribution in [-0.2, 0) is 6.54 Å². The van der Waals surface area contributed by atoms with Gasteiger partial charge in [0.25, 0.3) is 0 Å². The fourth-order valence-corrected chi connectivity index (χ4v) is 3.21. The van der Waals surface area contributed by atoms with Crippen LogP contribution < -0.4 is 5.32 Å². The van der Waals surface area contributed by atoms with Crippen molar-refractivity contribution in [2.75, 3.05) is 6.54 Å². The van der Waals surface area contributed by atoms with Gasteiger partial charge in [-0.3, -0.25) is 0 Å². The highest BCUT2D eigenvalue weighted by molar-refractivity contribution is 9.10. The molecular weight excluding hydrogens is 344 g/mol. The maximum atomic E-state index is 13.6. The minimum absolute atomic E-state index is 0.415. The first-order chi connectivity index (χ1) is 9.60. The first-order valence-electron chi connectivity index (χ1n) is 6.22. The van der Waals surface area contributed by atoms with E-state index < -0.39 is 11.6 Å². The highest BCUT2D eigenvalue weighted by Gasteiger charge is 2.07. The molecule has 0 bridgehead atoms. The molecule has 0 heterocycles. The van der Waals surface area contributed by atoms with Gasteiger partial charge in [-0.15, -0.1) is 0 Å². The maximum Gasteiger partial charge on any atom is 0.140 e. The topological polar surface area (TPSA) is 12.0 Å². The lowest BCUT2D eigenvalue weighted by Crippen LogP contribution is -2.11. The molecule has 0 atom stereocenters. The summed E-state index contributed by atoms with van der Waals surface area (Å²) in [5.74, 6) is -1.10.